The van der Waals surface area contributed by atoms with Crippen LogP contribution < -0.4 is 15.4 Å². The molecule has 0 spiro atoms. The molecule has 5 nitrogen and oxygen atoms in total. The normalized spacial score (nSPS) is 16.5. The lowest BCUT2D eigenvalue weighted by molar-refractivity contribution is 0.185. The van der Waals surface area contributed by atoms with Crippen LogP contribution >= 0.6 is 0 Å². The van der Waals surface area contributed by atoms with Crippen molar-refractivity contribution in [3.05, 3.63) is 29.8 Å². The molecule has 0 aromatic heterocycles. The van der Waals surface area contributed by atoms with Crippen LogP contribution in [-0.4, -0.2) is 36.3 Å². The van der Waals surface area contributed by atoms with Crippen molar-refractivity contribution in [2.24, 2.45) is 4.99 Å². The predicted octanol–water partition coefficient (Wildman–Crippen LogP) is 2.22. The Hall–Kier alpha value is -1.75. The van der Waals surface area contributed by atoms with Crippen LogP contribution in [0.15, 0.2) is 29.3 Å². The van der Waals surface area contributed by atoms with E-state index in [-0.39, 0.29) is 6.10 Å². The summed E-state index contributed by atoms with van der Waals surface area (Å²) in [5.41, 5.74) is 0.823. The molecule has 1 unspecified atom stereocenters. The lowest BCUT2D eigenvalue weighted by atomic mass is 10.1. The maximum absolute atomic E-state index is 10.3. The van der Waals surface area contributed by atoms with E-state index in [1.165, 1.54) is 12.8 Å². The number of guanidine groups is 1. The minimum absolute atomic E-state index is 0.119. The molecule has 0 amide bonds. The zero-order chi connectivity index (χ0) is 15.9. The van der Waals surface area contributed by atoms with Crippen molar-refractivity contribution < 1.29 is 9.84 Å². The highest BCUT2D eigenvalue weighted by Crippen LogP contribution is 2.21. The molecule has 3 N–H and O–H groups in total. The lowest BCUT2D eigenvalue weighted by Crippen LogP contribution is -2.38. The zero-order valence-corrected chi connectivity index (χ0v) is 13.7. The number of benzene rings is 1. The Morgan fingerprint density at radius 1 is 1.41 bits per heavy atom. The number of nitrogens with zero attached hydrogens (tertiary/aromatic N) is 1. The third-order valence-corrected chi connectivity index (χ3v) is 3.30. The van der Waals surface area contributed by atoms with E-state index in [0.29, 0.717) is 12.6 Å². The molecule has 1 aliphatic carbocycles. The topological polar surface area (TPSA) is 65.9 Å². The third kappa shape index (κ3) is 5.56. The highest BCUT2D eigenvalue weighted by Gasteiger charge is 2.22. The maximum Gasteiger partial charge on any atom is 0.191 e. The standard InChI is InChI=1S/C17H27N3O2/c1-4-18-17(20-14-8-9-14)19-11-16(21)13-6-5-7-15(10-13)22-12(2)3/h5-7,10,12,14,16,21H,4,8-9,11H2,1-3H3,(H2,18,19,20). The fourth-order valence-corrected chi connectivity index (χ4v) is 2.09. The molecule has 0 saturated heterocycles. The van der Waals surface area contributed by atoms with Crippen LogP contribution in [0.25, 0.3) is 0 Å². The van der Waals surface area contributed by atoms with E-state index in [2.05, 4.69) is 15.6 Å². The van der Waals surface area contributed by atoms with Gasteiger partial charge in [0.1, 0.15) is 5.75 Å². The number of aliphatic imine (C=N–C) groups is 1. The summed E-state index contributed by atoms with van der Waals surface area (Å²) in [5, 5.41) is 16.9. The van der Waals surface area contributed by atoms with Crippen LogP contribution in [0.5, 0.6) is 5.75 Å². The number of hydrogen-bond donors (Lipinski definition) is 3. The van der Waals surface area contributed by atoms with Crippen LogP contribution in [0.1, 0.15) is 45.3 Å². The molecular formula is C17H27N3O2. The Morgan fingerprint density at radius 2 is 2.18 bits per heavy atom. The Labute approximate surface area is 132 Å². The molecule has 122 valence electrons. The quantitative estimate of drug-likeness (QED) is 0.534. The van der Waals surface area contributed by atoms with E-state index in [4.69, 9.17) is 4.74 Å². The van der Waals surface area contributed by atoms with Crippen molar-refractivity contribution in [3.8, 4) is 5.75 Å². The fraction of sp³-hybridized carbons (Fsp3) is 0.588. The van der Waals surface area contributed by atoms with Crippen LogP contribution in [0, 0.1) is 0 Å². The molecule has 5 heteroatoms. The van der Waals surface area contributed by atoms with Gasteiger partial charge in [0.2, 0.25) is 0 Å². The van der Waals surface area contributed by atoms with Gasteiger partial charge in [-0.05, 0) is 51.3 Å². The van der Waals surface area contributed by atoms with Gasteiger partial charge in [0.25, 0.3) is 0 Å². The molecule has 0 aliphatic heterocycles. The summed E-state index contributed by atoms with van der Waals surface area (Å²) in [6.45, 7) is 7.14. The van der Waals surface area contributed by atoms with Gasteiger partial charge in [0.05, 0.1) is 18.8 Å². The van der Waals surface area contributed by atoms with Gasteiger partial charge >= 0.3 is 0 Å². The van der Waals surface area contributed by atoms with Crippen molar-refractivity contribution in [3.63, 3.8) is 0 Å². The molecule has 1 aromatic carbocycles. The van der Waals surface area contributed by atoms with Gasteiger partial charge in [-0.15, -0.1) is 0 Å². The first-order valence-corrected chi connectivity index (χ1v) is 8.08. The summed E-state index contributed by atoms with van der Waals surface area (Å²) in [6.07, 6.45) is 1.88. The summed E-state index contributed by atoms with van der Waals surface area (Å²) in [4.78, 5) is 4.46. The smallest absolute Gasteiger partial charge is 0.191 e. The highest BCUT2D eigenvalue weighted by molar-refractivity contribution is 5.80. The molecule has 1 fully saturated rings. The minimum Gasteiger partial charge on any atom is -0.491 e. The number of nitrogens with one attached hydrogen (secondary N) is 2. The molecule has 1 saturated carbocycles. The first kappa shape index (κ1) is 16.6. The van der Waals surface area contributed by atoms with E-state index >= 15 is 0 Å². The van der Waals surface area contributed by atoms with Crippen molar-refractivity contribution in [1.29, 1.82) is 0 Å². The van der Waals surface area contributed by atoms with E-state index in [1.807, 2.05) is 45.0 Å². The SMILES string of the molecule is CCNC(=NCC(O)c1cccc(OC(C)C)c1)NC1CC1. The van der Waals surface area contributed by atoms with Gasteiger partial charge < -0.3 is 20.5 Å². The van der Waals surface area contributed by atoms with Gasteiger partial charge in [0, 0.05) is 12.6 Å². The summed E-state index contributed by atoms with van der Waals surface area (Å²) in [5.74, 6) is 1.55. The summed E-state index contributed by atoms with van der Waals surface area (Å²) in [7, 11) is 0. The molecule has 0 radical (unpaired) electrons. The largest absolute Gasteiger partial charge is 0.491 e. The Bertz CT molecular complexity index is 498. The molecule has 1 aromatic rings. The molecule has 1 atom stereocenters. The summed E-state index contributed by atoms with van der Waals surface area (Å²) >= 11 is 0. The molecule has 2 rings (SSSR count). The minimum atomic E-state index is -0.634. The van der Waals surface area contributed by atoms with Crippen LogP contribution in [-0.2, 0) is 0 Å². The molecule has 0 heterocycles. The number of hydrogen-bond acceptors (Lipinski definition) is 3. The monoisotopic (exact) mass is 305 g/mol. The van der Waals surface area contributed by atoms with Crippen LogP contribution in [0.3, 0.4) is 0 Å². The van der Waals surface area contributed by atoms with Crippen molar-refractivity contribution in [2.75, 3.05) is 13.1 Å². The summed E-state index contributed by atoms with van der Waals surface area (Å²) in [6, 6.07) is 8.11. The van der Waals surface area contributed by atoms with Gasteiger partial charge in [-0.25, -0.2) is 0 Å². The zero-order valence-electron chi connectivity index (χ0n) is 13.7. The van der Waals surface area contributed by atoms with Crippen molar-refractivity contribution in [1.82, 2.24) is 10.6 Å². The average Bonchev–Trinajstić information content (AvgIpc) is 3.28. The first-order valence-electron chi connectivity index (χ1n) is 8.08. The number of aliphatic hydroxyl groups is 1. The number of rotatable bonds is 7. The van der Waals surface area contributed by atoms with Crippen LogP contribution in [0.2, 0.25) is 0 Å². The molecular weight excluding hydrogens is 278 g/mol. The predicted molar refractivity (Wildman–Crippen MR) is 89.3 cm³/mol. The van der Waals surface area contributed by atoms with Gasteiger partial charge in [-0.1, -0.05) is 12.1 Å². The van der Waals surface area contributed by atoms with E-state index in [1.54, 1.807) is 0 Å². The fourth-order valence-electron chi connectivity index (χ4n) is 2.09. The summed E-state index contributed by atoms with van der Waals surface area (Å²) < 4.78 is 5.66. The Morgan fingerprint density at radius 3 is 2.82 bits per heavy atom. The number of aliphatic hydroxyl groups excluding tert-OH is 1. The third-order valence-electron chi connectivity index (χ3n) is 3.30. The van der Waals surface area contributed by atoms with Crippen LogP contribution in [0.4, 0.5) is 0 Å². The maximum atomic E-state index is 10.3. The molecule has 22 heavy (non-hydrogen) atoms. The van der Waals surface area contributed by atoms with Gasteiger partial charge in [-0.3, -0.25) is 4.99 Å². The van der Waals surface area contributed by atoms with E-state index in [9.17, 15) is 5.11 Å². The van der Waals surface area contributed by atoms with E-state index in [0.717, 1.165) is 23.8 Å². The Kier molecular flexibility index (Phi) is 6.07. The second-order valence-electron chi connectivity index (χ2n) is 5.89. The van der Waals surface area contributed by atoms with Gasteiger partial charge in [0.15, 0.2) is 5.96 Å². The second-order valence-corrected chi connectivity index (χ2v) is 5.89. The second kappa shape index (κ2) is 8.03. The van der Waals surface area contributed by atoms with Crippen molar-refractivity contribution >= 4 is 5.96 Å². The van der Waals surface area contributed by atoms with E-state index < -0.39 is 6.10 Å². The number of ether oxygens (including phenoxy) is 1. The van der Waals surface area contributed by atoms with Gasteiger partial charge in [-0.2, -0.15) is 0 Å². The lowest BCUT2D eigenvalue weighted by Gasteiger charge is -2.14. The highest BCUT2D eigenvalue weighted by atomic mass is 16.5. The van der Waals surface area contributed by atoms with Crippen molar-refractivity contribution in [2.45, 2.75) is 51.9 Å². The first-order chi connectivity index (χ1) is 10.6. The molecule has 1 aliphatic rings. The molecule has 0 bridgehead atoms. The Balaban J connectivity index is 1.95. The average molecular weight is 305 g/mol.